The number of piperidine rings is 1. The van der Waals surface area contributed by atoms with E-state index < -0.39 is 0 Å². The average Bonchev–Trinajstić information content (AvgIpc) is 2.53. The number of halogens is 1. The van der Waals surface area contributed by atoms with Crippen molar-refractivity contribution in [3.8, 4) is 0 Å². The minimum absolute atomic E-state index is 0. The summed E-state index contributed by atoms with van der Waals surface area (Å²) in [7, 11) is 0. The van der Waals surface area contributed by atoms with Gasteiger partial charge in [-0.1, -0.05) is 25.1 Å². The molecule has 126 valence electrons. The molecule has 0 bridgehead atoms. The fraction of sp³-hybridized carbons (Fsp3) is 0.529. The molecule has 0 saturated carbocycles. The summed E-state index contributed by atoms with van der Waals surface area (Å²) in [5.41, 5.74) is 7.55. The second-order valence-electron chi connectivity index (χ2n) is 6.44. The topological polar surface area (TPSA) is 75.4 Å². The van der Waals surface area contributed by atoms with Crippen LogP contribution in [0.4, 0.5) is 5.69 Å². The minimum atomic E-state index is -0.382. The molecule has 1 aromatic carbocycles. The molecule has 2 amide bonds. The van der Waals surface area contributed by atoms with Gasteiger partial charge < -0.3 is 16.0 Å². The lowest BCUT2D eigenvalue weighted by Gasteiger charge is -2.40. The van der Waals surface area contributed by atoms with E-state index in [1.807, 2.05) is 29.2 Å². The zero-order chi connectivity index (χ0) is 15.7. The SMILES string of the molecule is CC1CCN(C(=O)C2CC(=O)Nc3ccccc32)C(CN)C1.Cl. The van der Waals surface area contributed by atoms with Gasteiger partial charge in [0.1, 0.15) is 0 Å². The number of carbonyl (C=O) groups is 2. The first-order valence-corrected chi connectivity index (χ1v) is 7.99. The third-order valence-electron chi connectivity index (χ3n) is 4.83. The van der Waals surface area contributed by atoms with Gasteiger partial charge in [-0.25, -0.2) is 0 Å². The molecule has 2 aliphatic rings. The largest absolute Gasteiger partial charge is 0.338 e. The van der Waals surface area contributed by atoms with E-state index in [1.165, 1.54) is 0 Å². The fourth-order valence-corrected chi connectivity index (χ4v) is 3.60. The molecule has 3 unspecified atom stereocenters. The number of hydrogen-bond donors (Lipinski definition) is 2. The first-order valence-electron chi connectivity index (χ1n) is 7.99. The van der Waals surface area contributed by atoms with E-state index >= 15 is 0 Å². The lowest BCUT2D eigenvalue weighted by atomic mass is 9.86. The lowest BCUT2D eigenvalue weighted by Crippen LogP contribution is -2.51. The summed E-state index contributed by atoms with van der Waals surface area (Å²) in [6.45, 7) is 3.42. The summed E-state index contributed by atoms with van der Waals surface area (Å²) < 4.78 is 0. The van der Waals surface area contributed by atoms with Crippen LogP contribution < -0.4 is 11.1 Å². The van der Waals surface area contributed by atoms with E-state index in [9.17, 15) is 9.59 Å². The maximum atomic E-state index is 13.0. The number of hydrogen-bond acceptors (Lipinski definition) is 3. The number of fused-ring (bicyclic) bond motifs is 1. The second kappa shape index (κ2) is 7.32. The Hall–Kier alpha value is -1.59. The summed E-state index contributed by atoms with van der Waals surface area (Å²) >= 11 is 0. The number of para-hydroxylation sites is 1. The number of anilines is 1. The molecule has 0 spiro atoms. The number of nitrogens with one attached hydrogen (secondary N) is 1. The molecule has 5 nitrogen and oxygen atoms in total. The number of carbonyl (C=O) groups excluding carboxylic acids is 2. The molecule has 2 aliphatic heterocycles. The third kappa shape index (κ3) is 3.51. The van der Waals surface area contributed by atoms with Crippen molar-refractivity contribution < 1.29 is 9.59 Å². The highest BCUT2D eigenvalue weighted by Crippen LogP contribution is 2.35. The molecule has 2 heterocycles. The van der Waals surface area contributed by atoms with Gasteiger partial charge in [-0.2, -0.15) is 0 Å². The van der Waals surface area contributed by atoms with Gasteiger partial charge in [-0.05, 0) is 30.4 Å². The number of likely N-dealkylation sites (tertiary alicyclic amines) is 1. The number of nitrogens with two attached hydrogens (primary N) is 1. The minimum Gasteiger partial charge on any atom is -0.338 e. The van der Waals surface area contributed by atoms with Crippen molar-refractivity contribution in [3.63, 3.8) is 0 Å². The van der Waals surface area contributed by atoms with Gasteiger partial charge in [0.2, 0.25) is 11.8 Å². The molecule has 0 aromatic heterocycles. The third-order valence-corrected chi connectivity index (χ3v) is 4.83. The van der Waals surface area contributed by atoms with Crippen LogP contribution in [0.5, 0.6) is 0 Å². The second-order valence-corrected chi connectivity index (χ2v) is 6.44. The van der Waals surface area contributed by atoms with Gasteiger partial charge >= 0.3 is 0 Å². The predicted molar refractivity (Wildman–Crippen MR) is 92.6 cm³/mol. The Morgan fingerprint density at radius 2 is 2.13 bits per heavy atom. The summed E-state index contributed by atoms with van der Waals surface area (Å²) in [5, 5.41) is 2.85. The van der Waals surface area contributed by atoms with Crippen LogP contribution in [-0.2, 0) is 9.59 Å². The first-order chi connectivity index (χ1) is 10.6. The maximum Gasteiger partial charge on any atom is 0.231 e. The zero-order valence-corrected chi connectivity index (χ0v) is 14.1. The Labute approximate surface area is 143 Å². The number of amides is 2. The molecule has 3 rings (SSSR count). The molecular weight excluding hydrogens is 314 g/mol. The summed E-state index contributed by atoms with van der Waals surface area (Å²) in [4.78, 5) is 26.9. The highest BCUT2D eigenvalue weighted by atomic mass is 35.5. The number of nitrogens with zero attached hydrogens (tertiary/aromatic N) is 1. The van der Waals surface area contributed by atoms with Crippen LogP contribution in [0.2, 0.25) is 0 Å². The molecule has 0 aliphatic carbocycles. The van der Waals surface area contributed by atoms with E-state index in [0.717, 1.165) is 30.6 Å². The smallest absolute Gasteiger partial charge is 0.231 e. The molecule has 0 radical (unpaired) electrons. The molecule has 3 N–H and O–H groups in total. The Morgan fingerprint density at radius 1 is 1.39 bits per heavy atom. The molecular formula is C17H24ClN3O2. The molecule has 23 heavy (non-hydrogen) atoms. The van der Waals surface area contributed by atoms with Crippen LogP contribution in [0.15, 0.2) is 24.3 Å². The van der Waals surface area contributed by atoms with E-state index in [1.54, 1.807) is 0 Å². The molecule has 6 heteroatoms. The van der Waals surface area contributed by atoms with Crippen molar-refractivity contribution in [2.75, 3.05) is 18.4 Å². The van der Waals surface area contributed by atoms with Crippen molar-refractivity contribution in [3.05, 3.63) is 29.8 Å². The first kappa shape index (κ1) is 17.8. The van der Waals surface area contributed by atoms with Crippen molar-refractivity contribution in [2.45, 2.75) is 38.1 Å². The van der Waals surface area contributed by atoms with Gasteiger partial charge in [-0.3, -0.25) is 9.59 Å². The van der Waals surface area contributed by atoms with Crippen LogP contribution >= 0.6 is 12.4 Å². The van der Waals surface area contributed by atoms with Gasteiger partial charge in [0.05, 0.1) is 5.92 Å². The zero-order valence-electron chi connectivity index (χ0n) is 13.3. The van der Waals surface area contributed by atoms with Crippen molar-refractivity contribution >= 4 is 29.9 Å². The highest BCUT2D eigenvalue weighted by molar-refractivity contribution is 6.01. The van der Waals surface area contributed by atoms with Crippen LogP contribution in [-0.4, -0.2) is 35.8 Å². The Bertz CT molecular complexity index is 593. The van der Waals surface area contributed by atoms with Crippen LogP contribution in [0.1, 0.15) is 37.7 Å². The van der Waals surface area contributed by atoms with E-state index in [0.29, 0.717) is 12.5 Å². The fourth-order valence-electron chi connectivity index (χ4n) is 3.60. The maximum absolute atomic E-state index is 13.0. The van der Waals surface area contributed by atoms with Gasteiger partial charge in [-0.15, -0.1) is 12.4 Å². The van der Waals surface area contributed by atoms with E-state index in [-0.39, 0.29) is 42.6 Å². The lowest BCUT2D eigenvalue weighted by molar-refractivity contribution is -0.138. The number of benzene rings is 1. The predicted octanol–water partition coefficient (Wildman–Crippen LogP) is 2.12. The summed E-state index contributed by atoms with van der Waals surface area (Å²) in [5.74, 6) is 0.170. The Kier molecular flexibility index (Phi) is 5.65. The van der Waals surface area contributed by atoms with Gasteiger partial charge in [0, 0.05) is 31.2 Å². The van der Waals surface area contributed by atoms with Crippen molar-refractivity contribution in [1.29, 1.82) is 0 Å². The Morgan fingerprint density at radius 3 is 2.87 bits per heavy atom. The van der Waals surface area contributed by atoms with Crippen LogP contribution in [0, 0.1) is 5.92 Å². The van der Waals surface area contributed by atoms with Crippen molar-refractivity contribution in [1.82, 2.24) is 4.90 Å². The number of rotatable bonds is 2. The summed E-state index contributed by atoms with van der Waals surface area (Å²) in [6, 6.07) is 7.66. The van der Waals surface area contributed by atoms with Crippen LogP contribution in [0.3, 0.4) is 0 Å². The normalized spacial score (nSPS) is 26.8. The monoisotopic (exact) mass is 337 g/mol. The van der Waals surface area contributed by atoms with Crippen molar-refractivity contribution in [2.24, 2.45) is 11.7 Å². The molecule has 1 fully saturated rings. The highest BCUT2D eigenvalue weighted by Gasteiger charge is 2.37. The van der Waals surface area contributed by atoms with Gasteiger partial charge in [0.25, 0.3) is 0 Å². The quantitative estimate of drug-likeness (QED) is 0.868. The van der Waals surface area contributed by atoms with Gasteiger partial charge in [0.15, 0.2) is 0 Å². The van der Waals surface area contributed by atoms with Crippen LogP contribution in [0.25, 0.3) is 0 Å². The standard InChI is InChI=1S/C17H23N3O2.ClH/c1-11-6-7-20(12(8-11)10-18)17(22)14-9-16(21)19-15-5-3-2-4-13(14)15;/h2-5,11-12,14H,6-10,18H2,1H3,(H,19,21);1H. The Balaban J connectivity index is 0.00000192. The average molecular weight is 338 g/mol. The van der Waals surface area contributed by atoms with E-state index in [2.05, 4.69) is 12.2 Å². The molecule has 1 aromatic rings. The van der Waals surface area contributed by atoms with E-state index in [4.69, 9.17) is 5.73 Å². The molecule has 3 atom stereocenters. The summed E-state index contributed by atoms with van der Waals surface area (Å²) in [6.07, 6.45) is 2.17. The molecule has 1 saturated heterocycles.